The smallest absolute Gasteiger partial charge is 0.191 e. The lowest BCUT2D eigenvalue weighted by molar-refractivity contribution is 0.255. The van der Waals surface area contributed by atoms with Crippen LogP contribution in [0.4, 0.5) is 0 Å². The number of thiophene rings is 1. The molecule has 5 heteroatoms. The number of nitrogens with one attached hydrogen (secondary N) is 2. The summed E-state index contributed by atoms with van der Waals surface area (Å²) in [5, 5.41) is 10.9. The molecule has 0 aliphatic rings. The predicted molar refractivity (Wildman–Crippen MR) is 84.9 cm³/mol. The van der Waals surface area contributed by atoms with Crippen LogP contribution < -0.4 is 10.6 Å². The summed E-state index contributed by atoms with van der Waals surface area (Å²) < 4.78 is 0. The molecule has 0 saturated heterocycles. The van der Waals surface area contributed by atoms with E-state index >= 15 is 0 Å². The first kappa shape index (κ1) is 16.0. The maximum Gasteiger partial charge on any atom is 0.191 e. The molecule has 0 fully saturated rings. The molecule has 1 unspecified atom stereocenters. The van der Waals surface area contributed by atoms with Gasteiger partial charge in [0.2, 0.25) is 0 Å². The minimum Gasteiger partial charge on any atom is -0.355 e. The number of hydrogen-bond acceptors (Lipinski definition) is 3. The van der Waals surface area contributed by atoms with Gasteiger partial charge in [0.15, 0.2) is 5.96 Å². The molecule has 0 aliphatic heterocycles. The van der Waals surface area contributed by atoms with Crippen molar-refractivity contribution in [1.29, 1.82) is 0 Å². The van der Waals surface area contributed by atoms with Crippen molar-refractivity contribution in [3.05, 3.63) is 22.4 Å². The van der Waals surface area contributed by atoms with Crippen molar-refractivity contribution in [3.8, 4) is 0 Å². The van der Waals surface area contributed by atoms with Crippen molar-refractivity contribution in [2.75, 3.05) is 27.2 Å². The lowest BCUT2D eigenvalue weighted by Crippen LogP contribution is -2.42. The van der Waals surface area contributed by atoms with E-state index in [-0.39, 0.29) is 0 Å². The molecule has 1 rings (SSSR count). The molecule has 1 atom stereocenters. The molecule has 1 aromatic rings. The summed E-state index contributed by atoms with van der Waals surface area (Å²) in [6.07, 6.45) is 1.18. The molecular formula is C14H26N4S. The first-order chi connectivity index (χ1) is 9.17. The van der Waals surface area contributed by atoms with Crippen molar-refractivity contribution in [1.82, 2.24) is 15.5 Å². The van der Waals surface area contributed by atoms with Crippen molar-refractivity contribution < 1.29 is 0 Å². The van der Waals surface area contributed by atoms with Crippen LogP contribution in [0.2, 0.25) is 0 Å². The fourth-order valence-corrected chi connectivity index (χ4v) is 2.35. The van der Waals surface area contributed by atoms with E-state index in [2.05, 4.69) is 58.2 Å². The Kier molecular flexibility index (Phi) is 7.52. The van der Waals surface area contributed by atoms with Gasteiger partial charge in [0.1, 0.15) is 0 Å². The van der Waals surface area contributed by atoms with Gasteiger partial charge in [0, 0.05) is 32.7 Å². The molecule has 0 saturated carbocycles. The van der Waals surface area contributed by atoms with Gasteiger partial charge in [-0.05, 0) is 42.8 Å². The molecule has 0 bridgehead atoms. The Morgan fingerprint density at radius 3 is 2.84 bits per heavy atom. The van der Waals surface area contributed by atoms with Gasteiger partial charge in [-0.25, -0.2) is 0 Å². The number of rotatable bonds is 7. The lowest BCUT2D eigenvalue weighted by Gasteiger charge is -2.23. The van der Waals surface area contributed by atoms with E-state index < -0.39 is 0 Å². The van der Waals surface area contributed by atoms with Gasteiger partial charge in [-0.15, -0.1) is 0 Å². The quantitative estimate of drug-likeness (QED) is 0.594. The number of guanidine groups is 1. The van der Waals surface area contributed by atoms with Crippen LogP contribution in [-0.4, -0.2) is 44.1 Å². The van der Waals surface area contributed by atoms with Crippen molar-refractivity contribution in [3.63, 3.8) is 0 Å². The van der Waals surface area contributed by atoms with Crippen molar-refractivity contribution in [2.24, 2.45) is 4.99 Å². The Balaban J connectivity index is 2.22. The summed E-state index contributed by atoms with van der Waals surface area (Å²) in [5.41, 5.74) is 1.30. The second-order valence-electron chi connectivity index (χ2n) is 4.72. The Morgan fingerprint density at radius 1 is 1.47 bits per heavy atom. The molecule has 1 aromatic heterocycles. The van der Waals surface area contributed by atoms with E-state index in [4.69, 9.17) is 0 Å². The summed E-state index contributed by atoms with van der Waals surface area (Å²) in [7, 11) is 3.97. The summed E-state index contributed by atoms with van der Waals surface area (Å²) in [5.74, 6) is 0.865. The highest BCUT2D eigenvalue weighted by Crippen LogP contribution is 2.04. The Bertz CT molecular complexity index is 362. The van der Waals surface area contributed by atoms with Gasteiger partial charge in [-0.1, -0.05) is 6.92 Å². The van der Waals surface area contributed by atoms with Crippen molar-refractivity contribution >= 4 is 17.3 Å². The monoisotopic (exact) mass is 282 g/mol. The normalized spacial score (nSPS) is 13.6. The van der Waals surface area contributed by atoms with E-state index in [0.717, 1.165) is 25.6 Å². The van der Waals surface area contributed by atoms with Gasteiger partial charge >= 0.3 is 0 Å². The molecule has 4 nitrogen and oxygen atoms in total. The number of likely N-dealkylation sites (N-methyl/N-ethyl adjacent to an activating group) is 1. The van der Waals surface area contributed by atoms with Crippen molar-refractivity contribution in [2.45, 2.75) is 32.9 Å². The largest absolute Gasteiger partial charge is 0.355 e. The molecule has 0 aliphatic carbocycles. The second-order valence-corrected chi connectivity index (χ2v) is 5.50. The molecule has 108 valence electrons. The van der Waals surface area contributed by atoms with Gasteiger partial charge in [0.25, 0.3) is 0 Å². The average Bonchev–Trinajstić information content (AvgIpc) is 2.94. The predicted octanol–water partition coefficient (Wildman–Crippen LogP) is 2.14. The van der Waals surface area contributed by atoms with E-state index in [0.29, 0.717) is 6.04 Å². The SMILES string of the molecule is CCC(C)N(C)CCNC(=NC)NCc1ccsc1. The van der Waals surface area contributed by atoms with Gasteiger partial charge in [-0.3, -0.25) is 4.99 Å². The Labute approximate surface area is 120 Å². The zero-order valence-corrected chi connectivity index (χ0v) is 13.3. The molecule has 0 amide bonds. The third-order valence-corrected chi connectivity index (χ3v) is 4.10. The second kappa shape index (κ2) is 8.93. The first-order valence-corrected chi connectivity index (χ1v) is 7.77. The fraction of sp³-hybridized carbons (Fsp3) is 0.643. The van der Waals surface area contributed by atoms with Crippen LogP contribution >= 0.6 is 11.3 Å². The molecule has 0 spiro atoms. The molecule has 0 aromatic carbocycles. The lowest BCUT2D eigenvalue weighted by atomic mass is 10.2. The number of nitrogens with zero attached hydrogens (tertiary/aromatic N) is 2. The molecule has 2 N–H and O–H groups in total. The topological polar surface area (TPSA) is 39.7 Å². The highest BCUT2D eigenvalue weighted by molar-refractivity contribution is 7.07. The summed E-state index contributed by atoms with van der Waals surface area (Å²) >= 11 is 1.72. The van der Waals surface area contributed by atoms with Crippen LogP contribution in [-0.2, 0) is 6.54 Å². The van der Waals surface area contributed by atoms with Gasteiger partial charge < -0.3 is 15.5 Å². The van der Waals surface area contributed by atoms with Crippen LogP contribution in [0.5, 0.6) is 0 Å². The summed E-state index contributed by atoms with van der Waals surface area (Å²) in [6.45, 7) is 7.22. The fourth-order valence-electron chi connectivity index (χ4n) is 1.68. The van der Waals surface area contributed by atoms with E-state index in [1.165, 1.54) is 12.0 Å². The first-order valence-electron chi connectivity index (χ1n) is 6.83. The van der Waals surface area contributed by atoms with Crippen LogP contribution in [0.1, 0.15) is 25.8 Å². The third kappa shape index (κ3) is 6.07. The highest BCUT2D eigenvalue weighted by Gasteiger charge is 2.06. The zero-order valence-electron chi connectivity index (χ0n) is 12.4. The van der Waals surface area contributed by atoms with E-state index in [9.17, 15) is 0 Å². The van der Waals surface area contributed by atoms with Gasteiger partial charge in [-0.2, -0.15) is 11.3 Å². The summed E-state index contributed by atoms with van der Waals surface area (Å²) in [4.78, 5) is 6.59. The maximum absolute atomic E-state index is 4.23. The molecular weight excluding hydrogens is 256 g/mol. The van der Waals surface area contributed by atoms with Crippen LogP contribution in [0.3, 0.4) is 0 Å². The summed E-state index contributed by atoms with van der Waals surface area (Å²) in [6, 6.07) is 2.75. The minimum atomic E-state index is 0.627. The van der Waals surface area contributed by atoms with Crippen LogP contribution in [0.15, 0.2) is 21.8 Å². The molecule has 1 heterocycles. The molecule has 0 radical (unpaired) electrons. The number of hydrogen-bond donors (Lipinski definition) is 2. The minimum absolute atomic E-state index is 0.627. The van der Waals surface area contributed by atoms with E-state index in [1.54, 1.807) is 18.4 Å². The number of aliphatic imine (C=N–C) groups is 1. The Morgan fingerprint density at radius 2 is 2.26 bits per heavy atom. The van der Waals surface area contributed by atoms with Gasteiger partial charge in [0.05, 0.1) is 0 Å². The van der Waals surface area contributed by atoms with E-state index in [1.807, 2.05) is 0 Å². The zero-order chi connectivity index (χ0) is 14.1. The molecule has 19 heavy (non-hydrogen) atoms. The highest BCUT2D eigenvalue weighted by atomic mass is 32.1. The van der Waals surface area contributed by atoms with Crippen LogP contribution in [0.25, 0.3) is 0 Å². The maximum atomic E-state index is 4.23. The average molecular weight is 282 g/mol. The third-order valence-electron chi connectivity index (χ3n) is 3.36. The standard InChI is InChI=1S/C14H26N4S/c1-5-12(2)18(4)8-7-16-14(15-3)17-10-13-6-9-19-11-13/h6,9,11-12H,5,7-8,10H2,1-4H3,(H2,15,16,17). The van der Waals surface area contributed by atoms with Crippen LogP contribution in [0, 0.1) is 0 Å². The Hall–Kier alpha value is -1.07.